The first-order valence-electron chi connectivity index (χ1n) is 8.06. The standard InChI is InChI=1S/C17H23N3O2S/c1-3-20(23(2,21)22)15-10-12-19(13-11-15)17-9-8-14-6-4-5-7-16(14)18-17/h4-9,15H,3,10-13H2,1-2H3. The monoisotopic (exact) mass is 333 g/mol. The van der Waals surface area contributed by atoms with Crippen LogP contribution in [0.25, 0.3) is 10.9 Å². The molecule has 0 unspecified atom stereocenters. The van der Waals surface area contributed by atoms with Gasteiger partial charge in [0.2, 0.25) is 10.0 Å². The Kier molecular flexibility index (Phi) is 4.55. The lowest BCUT2D eigenvalue weighted by Crippen LogP contribution is -2.47. The van der Waals surface area contributed by atoms with Gasteiger partial charge >= 0.3 is 0 Å². The van der Waals surface area contributed by atoms with Crippen LogP contribution in [-0.4, -0.2) is 49.6 Å². The molecule has 1 aliphatic heterocycles. The van der Waals surface area contributed by atoms with Gasteiger partial charge in [-0.2, -0.15) is 4.31 Å². The lowest BCUT2D eigenvalue weighted by molar-refractivity contribution is 0.285. The number of nitrogens with zero attached hydrogens (tertiary/aromatic N) is 3. The molecule has 0 spiro atoms. The van der Waals surface area contributed by atoms with Crippen LogP contribution in [0.2, 0.25) is 0 Å². The van der Waals surface area contributed by atoms with Crippen molar-refractivity contribution in [3.8, 4) is 0 Å². The van der Waals surface area contributed by atoms with Crippen LogP contribution < -0.4 is 4.90 Å². The zero-order valence-corrected chi connectivity index (χ0v) is 14.5. The van der Waals surface area contributed by atoms with Crippen molar-refractivity contribution in [2.24, 2.45) is 0 Å². The van der Waals surface area contributed by atoms with Crippen molar-refractivity contribution in [3.05, 3.63) is 36.4 Å². The third-order valence-corrected chi connectivity index (χ3v) is 5.93. The van der Waals surface area contributed by atoms with E-state index in [0.29, 0.717) is 6.54 Å². The van der Waals surface area contributed by atoms with E-state index in [-0.39, 0.29) is 6.04 Å². The fraction of sp³-hybridized carbons (Fsp3) is 0.471. The van der Waals surface area contributed by atoms with Crippen molar-refractivity contribution in [1.82, 2.24) is 9.29 Å². The molecule has 1 aromatic carbocycles. The molecule has 0 amide bonds. The zero-order valence-electron chi connectivity index (χ0n) is 13.6. The second-order valence-electron chi connectivity index (χ2n) is 6.05. The minimum atomic E-state index is -3.13. The summed E-state index contributed by atoms with van der Waals surface area (Å²) in [6.07, 6.45) is 2.98. The highest BCUT2D eigenvalue weighted by molar-refractivity contribution is 7.88. The van der Waals surface area contributed by atoms with Gasteiger partial charge in [0.1, 0.15) is 5.82 Å². The van der Waals surface area contributed by atoms with Crippen LogP contribution in [0.5, 0.6) is 0 Å². The van der Waals surface area contributed by atoms with Crippen molar-refractivity contribution < 1.29 is 8.42 Å². The van der Waals surface area contributed by atoms with E-state index in [2.05, 4.69) is 23.1 Å². The van der Waals surface area contributed by atoms with Crippen molar-refractivity contribution in [1.29, 1.82) is 0 Å². The lowest BCUT2D eigenvalue weighted by atomic mass is 10.0. The molecule has 124 valence electrons. The molecule has 3 rings (SSSR count). The summed E-state index contributed by atoms with van der Waals surface area (Å²) in [5.74, 6) is 0.976. The van der Waals surface area contributed by atoms with Crippen LogP contribution in [0.1, 0.15) is 19.8 Å². The van der Waals surface area contributed by atoms with Gasteiger partial charge in [-0.15, -0.1) is 0 Å². The van der Waals surface area contributed by atoms with Gasteiger partial charge in [-0.3, -0.25) is 0 Å². The van der Waals surface area contributed by atoms with Crippen LogP contribution in [0, 0.1) is 0 Å². The number of sulfonamides is 1. The molecule has 23 heavy (non-hydrogen) atoms. The second kappa shape index (κ2) is 6.45. The maximum Gasteiger partial charge on any atom is 0.211 e. The Labute approximate surface area is 138 Å². The van der Waals surface area contributed by atoms with E-state index in [1.54, 1.807) is 4.31 Å². The molecule has 0 radical (unpaired) electrons. The van der Waals surface area contributed by atoms with Gasteiger partial charge in [0.25, 0.3) is 0 Å². The molecule has 2 aromatic rings. The number of aromatic nitrogens is 1. The number of fused-ring (bicyclic) bond motifs is 1. The SMILES string of the molecule is CCN(C1CCN(c2ccc3ccccc3n2)CC1)S(C)(=O)=O. The molecule has 1 aliphatic rings. The Bertz CT molecular complexity index is 783. The fourth-order valence-electron chi connectivity index (χ4n) is 3.38. The van der Waals surface area contributed by atoms with Crippen LogP contribution in [-0.2, 0) is 10.0 Å². The van der Waals surface area contributed by atoms with Gasteiger partial charge in [0.05, 0.1) is 11.8 Å². The predicted octanol–water partition coefficient (Wildman–Crippen LogP) is 2.49. The van der Waals surface area contributed by atoms with Crippen LogP contribution in [0.15, 0.2) is 36.4 Å². The maximum absolute atomic E-state index is 11.9. The number of hydrogen-bond donors (Lipinski definition) is 0. The van der Waals surface area contributed by atoms with Crippen molar-refractivity contribution in [3.63, 3.8) is 0 Å². The molecule has 6 heteroatoms. The molecule has 0 N–H and O–H groups in total. The summed E-state index contributed by atoms with van der Waals surface area (Å²) in [5.41, 5.74) is 0.999. The minimum Gasteiger partial charge on any atom is -0.356 e. The molecule has 0 aliphatic carbocycles. The quantitative estimate of drug-likeness (QED) is 0.862. The highest BCUT2D eigenvalue weighted by Gasteiger charge is 2.29. The second-order valence-corrected chi connectivity index (χ2v) is 7.98. The molecular formula is C17H23N3O2S. The number of piperidine rings is 1. The number of pyridine rings is 1. The van der Waals surface area contributed by atoms with Gasteiger partial charge < -0.3 is 4.90 Å². The molecule has 0 atom stereocenters. The Morgan fingerprint density at radius 3 is 2.52 bits per heavy atom. The molecule has 0 bridgehead atoms. The summed E-state index contributed by atoms with van der Waals surface area (Å²) in [6.45, 7) is 4.11. The first-order valence-corrected chi connectivity index (χ1v) is 9.91. The number of rotatable bonds is 4. The van der Waals surface area contributed by atoms with E-state index in [0.717, 1.165) is 42.7 Å². The fourth-order valence-corrected chi connectivity index (χ4v) is 4.60. The summed E-state index contributed by atoms with van der Waals surface area (Å²) in [7, 11) is -3.13. The van der Waals surface area contributed by atoms with Crippen LogP contribution >= 0.6 is 0 Å². The van der Waals surface area contributed by atoms with E-state index in [1.807, 2.05) is 25.1 Å². The van der Waals surface area contributed by atoms with E-state index >= 15 is 0 Å². The lowest BCUT2D eigenvalue weighted by Gasteiger charge is -2.37. The average molecular weight is 333 g/mol. The van der Waals surface area contributed by atoms with Crippen LogP contribution in [0.3, 0.4) is 0 Å². The minimum absolute atomic E-state index is 0.103. The third kappa shape index (κ3) is 3.48. The third-order valence-electron chi connectivity index (χ3n) is 4.52. The Hall–Kier alpha value is -1.66. The normalized spacial score (nSPS) is 17.1. The summed E-state index contributed by atoms with van der Waals surface area (Å²) in [6, 6.07) is 12.3. The Morgan fingerprint density at radius 1 is 1.17 bits per heavy atom. The van der Waals surface area contributed by atoms with Gasteiger partial charge in [0, 0.05) is 31.1 Å². The van der Waals surface area contributed by atoms with Crippen molar-refractivity contribution >= 4 is 26.7 Å². The summed E-state index contributed by atoms with van der Waals surface area (Å²) in [4.78, 5) is 6.98. The summed E-state index contributed by atoms with van der Waals surface area (Å²) < 4.78 is 25.3. The average Bonchev–Trinajstić information content (AvgIpc) is 2.54. The van der Waals surface area contributed by atoms with Gasteiger partial charge in [-0.25, -0.2) is 13.4 Å². The van der Waals surface area contributed by atoms with E-state index in [1.165, 1.54) is 6.26 Å². The van der Waals surface area contributed by atoms with Crippen molar-refractivity contribution in [2.45, 2.75) is 25.8 Å². The summed E-state index contributed by atoms with van der Waals surface area (Å²) in [5, 5.41) is 1.14. The number of hydrogen-bond acceptors (Lipinski definition) is 4. The molecule has 5 nitrogen and oxygen atoms in total. The topological polar surface area (TPSA) is 53.5 Å². The first-order chi connectivity index (χ1) is 11.0. The molecule has 1 saturated heterocycles. The Morgan fingerprint density at radius 2 is 1.87 bits per heavy atom. The van der Waals surface area contributed by atoms with Crippen LogP contribution in [0.4, 0.5) is 5.82 Å². The molecule has 1 aromatic heterocycles. The van der Waals surface area contributed by atoms with Crippen molar-refractivity contribution in [2.75, 3.05) is 30.8 Å². The van der Waals surface area contributed by atoms with E-state index < -0.39 is 10.0 Å². The molecule has 2 heterocycles. The zero-order chi connectivity index (χ0) is 16.4. The van der Waals surface area contributed by atoms with Gasteiger partial charge in [0.15, 0.2) is 0 Å². The molecule has 0 saturated carbocycles. The number of anilines is 1. The molecular weight excluding hydrogens is 310 g/mol. The number of benzene rings is 1. The highest BCUT2D eigenvalue weighted by Crippen LogP contribution is 2.24. The van der Waals surface area contributed by atoms with Gasteiger partial charge in [-0.05, 0) is 31.0 Å². The first kappa shape index (κ1) is 16.2. The van der Waals surface area contributed by atoms with E-state index in [4.69, 9.17) is 4.98 Å². The van der Waals surface area contributed by atoms with E-state index in [9.17, 15) is 8.42 Å². The smallest absolute Gasteiger partial charge is 0.211 e. The number of para-hydroxylation sites is 1. The highest BCUT2D eigenvalue weighted by atomic mass is 32.2. The largest absolute Gasteiger partial charge is 0.356 e. The maximum atomic E-state index is 11.9. The Balaban J connectivity index is 1.73. The van der Waals surface area contributed by atoms with Gasteiger partial charge in [-0.1, -0.05) is 25.1 Å². The molecule has 1 fully saturated rings. The predicted molar refractivity (Wildman–Crippen MR) is 94.2 cm³/mol. The summed E-state index contributed by atoms with van der Waals surface area (Å²) >= 11 is 0.